The number of hydrogen-bond acceptors (Lipinski definition) is 1. The number of benzene rings is 2. The van der Waals surface area contributed by atoms with Crippen molar-refractivity contribution in [3.63, 3.8) is 0 Å². The van der Waals surface area contributed by atoms with Gasteiger partial charge in [-0.2, -0.15) is 0 Å². The first-order valence-electron chi connectivity index (χ1n) is 6.87. The van der Waals surface area contributed by atoms with E-state index in [2.05, 4.69) is 12.2 Å². The summed E-state index contributed by atoms with van der Waals surface area (Å²) in [6, 6.07) is 14.8. The molecule has 0 heterocycles. The zero-order valence-electron chi connectivity index (χ0n) is 11.7. The van der Waals surface area contributed by atoms with Crippen molar-refractivity contribution in [3.05, 3.63) is 70.5 Å². The number of nitrogens with one attached hydrogen (secondary N) is 1. The smallest absolute Gasteiger partial charge is 0.127 e. The Morgan fingerprint density at radius 3 is 2.55 bits per heavy atom. The van der Waals surface area contributed by atoms with Crippen molar-refractivity contribution >= 4 is 11.6 Å². The maximum atomic E-state index is 13.8. The predicted octanol–water partition coefficient (Wildman–Crippen LogP) is 5.28. The Kier molecular flexibility index (Phi) is 5.16. The van der Waals surface area contributed by atoms with Crippen molar-refractivity contribution in [3.8, 4) is 0 Å². The van der Waals surface area contributed by atoms with Gasteiger partial charge in [0, 0.05) is 22.7 Å². The molecule has 1 nitrogen and oxygen atoms in total. The van der Waals surface area contributed by atoms with E-state index in [1.165, 1.54) is 6.07 Å². The second-order valence-electron chi connectivity index (χ2n) is 4.93. The molecule has 2 aromatic rings. The van der Waals surface area contributed by atoms with Crippen LogP contribution in [0, 0.1) is 5.82 Å². The highest BCUT2D eigenvalue weighted by Gasteiger charge is 2.16. The Morgan fingerprint density at radius 1 is 1.15 bits per heavy atom. The minimum atomic E-state index is -0.173. The van der Waals surface area contributed by atoms with Gasteiger partial charge in [0.05, 0.1) is 0 Å². The molecular weight excluding hydrogens is 273 g/mol. The molecular formula is C17H19ClFN. The predicted molar refractivity (Wildman–Crippen MR) is 82.4 cm³/mol. The Morgan fingerprint density at radius 2 is 1.90 bits per heavy atom. The van der Waals surface area contributed by atoms with E-state index in [-0.39, 0.29) is 17.9 Å². The second-order valence-corrected chi connectivity index (χ2v) is 5.36. The van der Waals surface area contributed by atoms with Crippen molar-refractivity contribution in [2.75, 3.05) is 0 Å². The van der Waals surface area contributed by atoms with E-state index in [0.29, 0.717) is 5.56 Å². The Bertz CT molecular complexity index is 570. The van der Waals surface area contributed by atoms with Crippen LogP contribution in [-0.2, 0) is 0 Å². The van der Waals surface area contributed by atoms with Crippen molar-refractivity contribution in [2.45, 2.75) is 32.4 Å². The van der Waals surface area contributed by atoms with E-state index in [1.54, 1.807) is 6.07 Å². The van der Waals surface area contributed by atoms with Gasteiger partial charge in [0.1, 0.15) is 5.82 Å². The zero-order chi connectivity index (χ0) is 14.5. The van der Waals surface area contributed by atoms with Crippen molar-refractivity contribution < 1.29 is 4.39 Å². The fourth-order valence-corrected chi connectivity index (χ4v) is 2.59. The summed E-state index contributed by atoms with van der Waals surface area (Å²) in [6.07, 6.45) is 0.916. The van der Waals surface area contributed by atoms with Crippen LogP contribution in [0.25, 0.3) is 0 Å². The summed E-state index contributed by atoms with van der Waals surface area (Å²) in [5.74, 6) is -0.173. The Labute approximate surface area is 124 Å². The molecule has 20 heavy (non-hydrogen) atoms. The van der Waals surface area contributed by atoms with Gasteiger partial charge in [-0.05, 0) is 37.1 Å². The zero-order valence-corrected chi connectivity index (χ0v) is 12.5. The quantitative estimate of drug-likeness (QED) is 0.790. The van der Waals surface area contributed by atoms with Gasteiger partial charge in [-0.3, -0.25) is 0 Å². The molecule has 0 saturated heterocycles. The summed E-state index contributed by atoms with van der Waals surface area (Å²) in [5.41, 5.74) is 1.82. The summed E-state index contributed by atoms with van der Waals surface area (Å²) in [6.45, 7) is 4.08. The van der Waals surface area contributed by atoms with E-state index in [1.807, 2.05) is 43.3 Å². The van der Waals surface area contributed by atoms with Crippen LogP contribution >= 0.6 is 11.6 Å². The normalized spacial score (nSPS) is 14.0. The second kappa shape index (κ2) is 6.87. The molecule has 3 heteroatoms. The molecule has 2 aromatic carbocycles. The Balaban J connectivity index is 2.16. The van der Waals surface area contributed by atoms with Gasteiger partial charge in [0.2, 0.25) is 0 Å². The van der Waals surface area contributed by atoms with Gasteiger partial charge >= 0.3 is 0 Å². The summed E-state index contributed by atoms with van der Waals surface area (Å²) < 4.78 is 13.8. The van der Waals surface area contributed by atoms with E-state index in [9.17, 15) is 4.39 Å². The lowest BCUT2D eigenvalue weighted by molar-refractivity contribution is 0.443. The highest BCUT2D eigenvalue weighted by atomic mass is 35.5. The maximum absolute atomic E-state index is 13.8. The van der Waals surface area contributed by atoms with Crippen LogP contribution < -0.4 is 5.32 Å². The van der Waals surface area contributed by atoms with E-state index < -0.39 is 0 Å². The molecule has 2 atom stereocenters. The molecule has 0 fully saturated rings. The van der Waals surface area contributed by atoms with Gasteiger partial charge in [-0.25, -0.2) is 4.39 Å². The molecule has 106 valence electrons. The number of rotatable bonds is 5. The SMILES string of the molecule is CCC(N[C@H](C)c1ccccc1F)c1cccc(Cl)c1. The number of hydrogen-bond donors (Lipinski definition) is 1. The molecule has 1 unspecified atom stereocenters. The molecule has 0 amide bonds. The molecule has 0 spiro atoms. The monoisotopic (exact) mass is 291 g/mol. The van der Waals surface area contributed by atoms with Gasteiger partial charge in [-0.1, -0.05) is 48.9 Å². The van der Waals surface area contributed by atoms with Gasteiger partial charge in [0.25, 0.3) is 0 Å². The molecule has 0 radical (unpaired) electrons. The van der Waals surface area contributed by atoms with Crippen molar-refractivity contribution in [1.29, 1.82) is 0 Å². The summed E-state index contributed by atoms with van der Waals surface area (Å²) >= 11 is 6.04. The molecule has 0 aliphatic rings. The summed E-state index contributed by atoms with van der Waals surface area (Å²) in [4.78, 5) is 0. The minimum absolute atomic E-state index is 0.0554. The Hall–Kier alpha value is -1.38. The van der Waals surface area contributed by atoms with Crippen molar-refractivity contribution in [2.24, 2.45) is 0 Å². The third-order valence-electron chi connectivity index (χ3n) is 3.48. The average Bonchev–Trinajstić information content (AvgIpc) is 2.45. The van der Waals surface area contributed by atoms with Crippen LogP contribution in [0.3, 0.4) is 0 Å². The third-order valence-corrected chi connectivity index (χ3v) is 3.72. The summed E-state index contributed by atoms with van der Waals surface area (Å²) in [5, 5.41) is 4.19. The first-order valence-corrected chi connectivity index (χ1v) is 7.25. The largest absolute Gasteiger partial charge is 0.303 e. The van der Waals surface area contributed by atoms with Gasteiger partial charge in [-0.15, -0.1) is 0 Å². The van der Waals surface area contributed by atoms with Crippen LogP contribution in [0.15, 0.2) is 48.5 Å². The first kappa shape index (κ1) is 15.0. The lowest BCUT2D eigenvalue weighted by Gasteiger charge is -2.23. The maximum Gasteiger partial charge on any atom is 0.127 e. The third kappa shape index (κ3) is 3.59. The summed E-state index contributed by atoms with van der Waals surface area (Å²) in [7, 11) is 0. The van der Waals surface area contributed by atoms with E-state index in [0.717, 1.165) is 17.0 Å². The lowest BCUT2D eigenvalue weighted by atomic mass is 10.0. The molecule has 0 aromatic heterocycles. The van der Waals surface area contributed by atoms with Gasteiger partial charge < -0.3 is 5.32 Å². The highest BCUT2D eigenvalue weighted by Crippen LogP contribution is 2.25. The standard InChI is InChI=1S/C17H19ClFN/c1-3-17(13-7-6-8-14(18)11-13)20-12(2)15-9-4-5-10-16(15)19/h4-12,17,20H,3H2,1-2H3/t12-,17?/m1/s1. The van der Waals surface area contributed by atoms with Crippen LogP contribution in [0.1, 0.15) is 43.5 Å². The minimum Gasteiger partial charge on any atom is -0.303 e. The highest BCUT2D eigenvalue weighted by molar-refractivity contribution is 6.30. The number of halogens is 2. The molecule has 0 saturated carbocycles. The lowest BCUT2D eigenvalue weighted by Crippen LogP contribution is -2.24. The molecule has 0 aliphatic heterocycles. The molecule has 0 aliphatic carbocycles. The van der Waals surface area contributed by atoms with Crippen molar-refractivity contribution in [1.82, 2.24) is 5.32 Å². The molecule has 2 rings (SSSR count). The van der Waals surface area contributed by atoms with Gasteiger partial charge in [0.15, 0.2) is 0 Å². The first-order chi connectivity index (χ1) is 9.61. The molecule has 1 N–H and O–H groups in total. The van der Waals surface area contributed by atoms with E-state index >= 15 is 0 Å². The van der Waals surface area contributed by atoms with Crippen LogP contribution in [0.4, 0.5) is 4.39 Å². The fourth-order valence-electron chi connectivity index (χ4n) is 2.39. The van der Waals surface area contributed by atoms with Crippen LogP contribution in [0.2, 0.25) is 5.02 Å². The molecule has 0 bridgehead atoms. The topological polar surface area (TPSA) is 12.0 Å². The average molecular weight is 292 g/mol. The van der Waals surface area contributed by atoms with Crippen LogP contribution in [0.5, 0.6) is 0 Å². The van der Waals surface area contributed by atoms with E-state index in [4.69, 9.17) is 11.6 Å². The fraction of sp³-hybridized carbons (Fsp3) is 0.294. The van der Waals surface area contributed by atoms with Crippen LogP contribution in [-0.4, -0.2) is 0 Å².